The lowest BCUT2D eigenvalue weighted by Gasteiger charge is -2.04. The van der Waals surface area contributed by atoms with Crippen molar-refractivity contribution in [2.75, 3.05) is 5.43 Å². The van der Waals surface area contributed by atoms with Crippen molar-refractivity contribution in [2.24, 2.45) is 5.10 Å². The topological polar surface area (TPSA) is 89.0 Å². The summed E-state index contributed by atoms with van der Waals surface area (Å²) in [6.45, 7) is 0. The lowest BCUT2D eigenvalue weighted by molar-refractivity contribution is 1.34. The highest BCUT2D eigenvalue weighted by molar-refractivity contribution is 7.24. The first-order valence-corrected chi connectivity index (χ1v) is 7.62. The molecule has 0 spiro atoms. The number of benzene rings is 2. The molecule has 1 aromatic heterocycles. The van der Waals surface area contributed by atoms with Crippen LogP contribution in [0.2, 0.25) is 5.02 Å². The number of rotatable bonds is 2. The summed E-state index contributed by atoms with van der Waals surface area (Å²) in [6.07, 6.45) is 0. The van der Waals surface area contributed by atoms with Gasteiger partial charge in [0.2, 0.25) is 5.71 Å². The van der Waals surface area contributed by atoms with Crippen LogP contribution in [0.5, 0.6) is 0 Å². The summed E-state index contributed by atoms with van der Waals surface area (Å²) in [5, 5.41) is 22.6. The Morgan fingerprint density at radius 3 is 2.43 bits per heavy atom. The van der Waals surface area contributed by atoms with Crippen LogP contribution in [-0.4, -0.2) is 5.71 Å². The maximum Gasteiger partial charge on any atom is 0.237 e. The van der Waals surface area contributed by atoms with E-state index >= 15 is 0 Å². The third-order valence-corrected chi connectivity index (χ3v) is 4.53. The molecular formula is C16H7ClN4OS. The van der Waals surface area contributed by atoms with Crippen LogP contribution in [-0.2, 0) is 0 Å². The number of hydrogen-bond acceptors (Lipinski definition) is 6. The summed E-state index contributed by atoms with van der Waals surface area (Å²) in [7, 11) is 0. The molecule has 0 fully saturated rings. The summed E-state index contributed by atoms with van der Waals surface area (Å²) in [5.74, 6) is 0. The molecule has 110 valence electrons. The maximum atomic E-state index is 12.6. The fourth-order valence-electron chi connectivity index (χ4n) is 2.09. The van der Waals surface area contributed by atoms with Gasteiger partial charge in [0.05, 0.1) is 5.69 Å². The van der Waals surface area contributed by atoms with Crippen molar-refractivity contribution >= 4 is 54.5 Å². The SMILES string of the molecule is N#CC(C#N)=NNc1ccc2sc3ccc(Cl)cc3c(=O)c2c1. The van der Waals surface area contributed by atoms with Crippen LogP contribution in [0.3, 0.4) is 0 Å². The number of anilines is 1. The molecule has 0 unspecified atom stereocenters. The molecule has 2 aromatic carbocycles. The molecule has 3 rings (SSSR count). The predicted molar refractivity (Wildman–Crippen MR) is 92.9 cm³/mol. The number of hydrogen-bond donors (Lipinski definition) is 1. The third-order valence-electron chi connectivity index (χ3n) is 3.14. The average Bonchev–Trinajstić information content (AvgIpc) is 2.57. The zero-order chi connectivity index (χ0) is 16.4. The van der Waals surface area contributed by atoms with Gasteiger partial charge in [-0.25, -0.2) is 0 Å². The van der Waals surface area contributed by atoms with Crippen molar-refractivity contribution in [3.8, 4) is 12.1 Å². The van der Waals surface area contributed by atoms with Gasteiger partial charge in [-0.05, 0) is 36.4 Å². The third kappa shape index (κ3) is 2.86. The zero-order valence-corrected chi connectivity index (χ0v) is 13.1. The Morgan fingerprint density at radius 2 is 1.74 bits per heavy atom. The highest BCUT2D eigenvalue weighted by Crippen LogP contribution is 2.28. The Bertz CT molecular complexity index is 1090. The highest BCUT2D eigenvalue weighted by atomic mass is 35.5. The number of nitrogens with zero attached hydrogens (tertiary/aromatic N) is 3. The van der Waals surface area contributed by atoms with Gasteiger partial charge in [-0.1, -0.05) is 11.6 Å². The minimum Gasteiger partial charge on any atom is -0.289 e. The molecule has 5 nitrogen and oxygen atoms in total. The summed E-state index contributed by atoms with van der Waals surface area (Å²) >= 11 is 7.45. The van der Waals surface area contributed by atoms with Gasteiger partial charge in [-0.2, -0.15) is 15.6 Å². The largest absolute Gasteiger partial charge is 0.289 e. The van der Waals surface area contributed by atoms with E-state index in [-0.39, 0.29) is 11.1 Å². The first-order valence-electron chi connectivity index (χ1n) is 6.42. The standard InChI is InChI=1S/C16H7ClN4OS/c17-9-1-3-14-12(5-9)16(22)13-6-10(2-4-15(13)23-14)20-21-11(7-18)8-19/h1-6,20H. The summed E-state index contributed by atoms with van der Waals surface area (Å²) in [4.78, 5) is 12.6. The Hall–Kier alpha value is -2.93. The quantitative estimate of drug-likeness (QED) is 0.436. The number of halogens is 1. The van der Waals surface area contributed by atoms with E-state index in [9.17, 15) is 4.79 Å². The highest BCUT2D eigenvalue weighted by Gasteiger charge is 2.07. The van der Waals surface area contributed by atoms with Crippen molar-refractivity contribution in [3.63, 3.8) is 0 Å². The van der Waals surface area contributed by atoms with Crippen LogP contribution in [0.15, 0.2) is 46.3 Å². The van der Waals surface area contributed by atoms with Crippen molar-refractivity contribution in [1.82, 2.24) is 0 Å². The molecule has 1 heterocycles. The molecule has 7 heteroatoms. The molecule has 0 aliphatic rings. The van der Waals surface area contributed by atoms with Crippen molar-refractivity contribution in [1.29, 1.82) is 10.5 Å². The fourth-order valence-corrected chi connectivity index (χ4v) is 3.30. The molecular weight excluding hydrogens is 332 g/mol. The van der Waals surface area contributed by atoms with E-state index in [1.807, 2.05) is 6.07 Å². The van der Waals surface area contributed by atoms with Gasteiger partial charge >= 0.3 is 0 Å². The lowest BCUT2D eigenvalue weighted by Crippen LogP contribution is -2.02. The van der Waals surface area contributed by atoms with E-state index in [2.05, 4.69) is 10.5 Å². The Labute approximate surface area is 139 Å². The normalized spacial score (nSPS) is 10.0. The Kier molecular flexibility index (Phi) is 3.94. The van der Waals surface area contributed by atoms with Gasteiger partial charge in [0, 0.05) is 25.2 Å². The van der Waals surface area contributed by atoms with Gasteiger partial charge in [-0.3, -0.25) is 10.2 Å². The van der Waals surface area contributed by atoms with E-state index in [0.717, 1.165) is 9.40 Å². The molecule has 0 atom stereocenters. The molecule has 0 saturated heterocycles. The molecule has 0 bridgehead atoms. The molecule has 0 amide bonds. The second-order valence-corrected chi connectivity index (χ2v) is 6.10. The van der Waals surface area contributed by atoms with Crippen molar-refractivity contribution in [2.45, 2.75) is 0 Å². The molecule has 3 aromatic rings. The van der Waals surface area contributed by atoms with Crippen LogP contribution in [0.1, 0.15) is 0 Å². The van der Waals surface area contributed by atoms with Gasteiger partial charge in [0.15, 0.2) is 5.43 Å². The van der Waals surface area contributed by atoms with Gasteiger partial charge in [0.1, 0.15) is 12.1 Å². The van der Waals surface area contributed by atoms with Crippen LogP contribution in [0, 0.1) is 22.7 Å². The Balaban J connectivity index is 2.16. The first-order chi connectivity index (χ1) is 11.1. The van der Waals surface area contributed by atoms with Gasteiger partial charge < -0.3 is 0 Å². The van der Waals surface area contributed by atoms with Crippen LogP contribution >= 0.6 is 22.9 Å². The van der Waals surface area contributed by atoms with E-state index in [1.54, 1.807) is 42.5 Å². The Morgan fingerprint density at radius 1 is 1.09 bits per heavy atom. The summed E-state index contributed by atoms with van der Waals surface area (Å²) < 4.78 is 1.70. The van der Waals surface area contributed by atoms with Gasteiger partial charge in [0.25, 0.3) is 0 Å². The number of hydrazone groups is 1. The van der Waals surface area contributed by atoms with Gasteiger partial charge in [-0.15, -0.1) is 11.3 Å². The maximum absolute atomic E-state index is 12.6. The van der Waals surface area contributed by atoms with Crippen LogP contribution in [0.4, 0.5) is 5.69 Å². The minimum atomic E-state index is -0.291. The van der Waals surface area contributed by atoms with Crippen molar-refractivity contribution in [3.05, 3.63) is 51.6 Å². The van der Waals surface area contributed by atoms with Crippen LogP contribution < -0.4 is 10.9 Å². The molecule has 0 saturated carbocycles. The van der Waals surface area contributed by atoms with E-state index in [1.165, 1.54) is 11.3 Å². The average molecular weight is 339 g/mol. The molecule has 23 heavy (non-hydrogen) atoms. The lowest BCUT2D eigenvalue weighted by atomic mass is 10.1. The molecule has 1 N–H and O–H groups in total. The predicted octanol–water partition coefficient (Wildman–Crippen LogP) is 3.88. The number of fused-ring (bicyclic) bond motifs is 2. The number of nitriles is 2. The van der Waals surface area contributed by atoms with E-state index < -0.39 is 0 Å². The van der Waals surface area contributed by atoms with E-state index in [0.29, 0.717) is 21.5 Å². The molecule has 0 aliphatic heterocycles. The second-order valence-electron chi connectivity index (χ2n) is 4.58. The van der Waals surface area contributed by atoms with Crippen LogP contribution in [0.25, 0.3) is 20.2 Å². The molecule has 0 aliphatic carbocycles. The second kappa shape index (κ2) is 6.05. The monoisotopic (exact) mass is 338 g/mol. The summed E-state index contributed by atoms with van der Waals surface area (Å²) in [5.41, 5.74) is 2.72. The first kappa shape index (κ1) is 15.0. The van der Waals surface area contributed by atoms with E-state index in [4.69, 9.17) is 22.1 Å². The zero-order valence-electron chi connectivity index (χ0n) is 11.5. The number of nitrogens with one attached hydrogen (secondary N) is 1. The minimum absolute atomic E-state index is 0.121. The smallest absolute Gasteiger partial charge is 0.237 e. The summed E-state index contributed by atoms with van der Waals surface area (Å²) in [6, 6.07) is 13.7. The fraction of sp³-hybridized carbons (Fsp3) is 0. The molecule has 0 radical (unpaired) electrons. The van der Waals surface area contributed by atoms with Crippen molar-refractivity contribution < 1.29 is 0 Å².